The lowest BCUT2D eigenvalue weighted by Crippen LogP contribution is -2.33. The van der Waals surface area contributed by atoms with E-state index in [1.54, 1.807) is 0 Å². The second-order valence-electron chi connectivity index (χ2n) is 8.53. The Morgan fingerprint density at radius 1 is 1.00 bits per heavy atom. The summed E-state index contributed by atoms with van der Waals surface area (Å²) in [7, 11) is 0. The Bertz CT molecular complexity index is 442. The second kappa shape index (κ2) is 6.88. The second-order valence-corrected chi connectivity index (χ2v) is 9.52. The summed E-state index contributed by atoms with van der Waals surface area (Å²) in [4.78, 5) is 8.91. The van der Waals surface area contributed by atoms with Crippen LogP contribution in [0.5, 0.6) is 0 Å². The van der Waals surface area contributed by atoms with Gasteiger partial charge < -0.3 is 10.2 Å². The van der Waals surface area contributed by atoms with Crippen LogP contribution in [0.4, 0.5) is 5.13 Å². The maximum atomic E-state index is 4.92. The molecule has 0 aliphatic carbocycles. The van der Waals surface area contributed by atoms with Crippen molar-refractivity contribution in [3.8, 4) is 0 Å². The van der Waals surface area contributed by atoms with E-state index in [2.05, 4.69) is 51.8 Å². The summed E-state index contributed by atoms with van der Waals surface area (Å²) < 4.78 is 0. The fourth-order valence-corrected chi connectivity index (χ4v) is 4.18. The van der Waals surface area contributed by atoms with Crippen LogP contribution in [-0.2, 0) is 10.8 Å². The van der Waals surface area contributed by atoms with Gasteiger partial charge in [-0.1, -0.05) is 48.0 Å². The van der Waals surface area contributed by atoms with E-state index in [1.165, 1.54) is 42.9 Å². The van der Waals surface area contributed by atoms with Crippen LogP contribution >= 0.6 is 11.3 Å². The molecule has 3 nitrogen and oxygen atoms in total. The first-order chi connectivity index (χ1) is 10.2. The number of aromatic nitrogens is 1. The van der Waals surface area contributed by atoms with Crippen molar-refractivity contribution in [2.45, 2.75) is 71.6 Å². The molecule has 0 unspecified atom stereocenters. The average Bonchev–Trinajstić information content (AvgIpc) is 2.84. The molecule has 0 bridgehead atoms. The van der Waals surface area contributed by atoms with Gasteiger partial charge in [0.25, 0.3) is 0 Å². The summed E-state index contributed by atoms with van der Waals surface area (Å²) in [6, 6.07) is 0. The zero-order valence-corrected chi connectivity index (χ0v) is 16.1. The van der Waals surface area contributed by atoms with Crippen molar-refractivity contribution in [1.82, 2.24) is 9.88 Å². The van der Waals surface area contributed by atoms with Gasteiger partial charge in [-0.05, 0) is 31.3 Å². The summed E-state index contributed by atoms with van der Waals surface area (Å²) in [6.45, 7) is 18.3. The Balaban J connectivity index is 2.00. The van der Waals surface area contributed by atoms with Gasteiger partial charge in [0.05, 0.1) is 5.69 Å². The normalized spacial score (nSPS) is 17.7. The highest BCUT2D eigenvalue weighted by molar-refractivity contribution is 7.15. The zero-order chi connectivity index (χ0) is 16.4. The largest absolute Gasteiger partial charge is 0.360 e. The average molecular weight is 324 g/mol. The predicted molar refractivity (Wildman–Crippen MR) is 98.3 cm³/mol. The summed E-state index contributed by atoms with van der Waals surface area (Å²) in [6.07, 6.45) is 4.12. The van der Waals surface area contributed by atoms with Crippen LogP contribution in [0.1, 0.15) is 71.4 Å². The van der Waals surface area contributed by atoms with Crippen LogP contribution in [0.3, 0.4) is 0 Å². The van der Waals surface area contributed by atoms with Gasteiger partial charge in [-0.3, -0.25) is 0 Å². The molecule has 1 saturated heterocycles. The quantitative estimate of drug-likeness (QED) is 0.875. The van der Waals surface area contributed by atoms with E-state index in [4.69, 9.17) is 4.98 Å². The number of nitrogens with zero attached hydrogens (tertiary/aromatic N) is 2. The van der Waals surface area contributed by atoms with Crippen molar-refractivity contribution in [2.75, 3.05) is 31.5 Å². The van der Waals surface area contributed by atoms with Gasteiger partial charge in [0.15, 0.2) is 5.13 Å². The fraction of sp³-hybridized carbons (Fsp3) is 0.833. The lowest BCUT2D eigenvalue weighted by molar-refractivity contribution is 0.237. The Kier molecular flexibility index (Phi) is 5.54. The third-order valence-electron chi connectivity index (χ3n) is 4.17. The van der Waals surface area contributed by atoms with Crippen LogP contribution in [-0.4, -0.2) is 36.1 Å². The first-order valence-electron chi connectivity index (χ1n) is 8.66. The number of hydrogen-bond acceptors (Lipinski definition) is 4. The van der Waals surface area contributed by atoms with Crippen LogP contribution in [0.15, 0.2) is 0 Å². The van der Waals surface area contributed by atoms with E-state index in [0.29, 0.717) is 0 Å². The van der Waals surface area contributed by atoms with Crippen molar-refractivity contribution in [3.63, 3.8) is 0 Å². The molecule has 2 rings (SSSR count). The summed E-state index contributed by atoms with van der Waals surface area (Å²) in [5, 5.41) is 4.65. The molecule has 1 aliphatic heterocycles. The molecule has 1 fully saturated rings. The Labute approximate surface area is 140 Å². The molecule has 2 heterocycles. The van der Waals surface area contributed by atoms with Gasteiger partial charge in [0, 0.05) is 23.4 Å². The number of hydrogen-bond donors (Lipinski definition) is 1. The van der Waals surface area contributed by atoms with E-state index in [0.717, 1.165) is 18.2 Å². The van der Waals surface area contributed by atoms with Crippen molar-refractivity contribution < 1.29 is 0 Å². The van der Waals surface area contributed by atoms with E-state index < -0.39 is 0 Å². The summed E-state index contributed by atoms with van der Waals surface area (Å²) in [5.41, 5.74) is 1.52. The van der Waals surface area contributed by atoms with E-state index >= 15 is 0 Å². The van der Waals surface area contributed by atoms with E-state index in [-0.39, 0.29) is 10.8 Å². The van der Waals surface area contributed by atoms with E-state index in [9.17, 15) is 0 Å². The van der Waals surface area contributed by atoms with Crippen molar-refractivity contribution in [2.24, 2.45) is 0 Å². The van der Waals surface area contributed by atoms with Crippen molar-refractivity contribution in [3.05, 3.63) is 10.6 Å². The fourth-order valence-electron chi connectivity index (χ4n) is 2.92. The SMILES string of the molecule is CC(C)(C)c1nc(NCCN2CCCCC2)sc1C(C)(C)C. The molecule has 4 heteroatoms. The molecule has 1 aliphatic rings. The highest BCUT2D eigenvalue weighted by Gasteiger charge is 2.29. The Morgan fingerprint density at radius 2 is 1.64 bits per heavy atom. The molecule has 0 aromatic carbocycles. The molecule has 0 atom stereocenters. The van der Waals surface area contributed by atoms with Crippen molar-refractivity contribution >= 4 is 16.5 Å². The molecule has 0 amide bonds. The highest BCUT2D eigenvalue weighted by atomic mass is 32.1. The number of likely N-dealkylation sites (tertiary alicyclic amines) is 1. The van der Waals surface area contributed by atoms with Crippen molar-refractivity contribution in [1.29, 1.82) is 0 Å². The van der Waals surface area contributed by atoms with E-state index in [1.807, 2.05) is 11.3 Å². The minimum Gasteiger partial charge on any atom is -0.360 e. The smallest absolute Gasteiger partial charge is 0.183 e. The standard InChI is InChI=1S/C18H33N3S/c1-17(2,3)14-15(18(4,5)6)22-16(20-14)19-10-13-21-11-8-7-9-12-21/h7-13H2,1-6H3,(H,19,20). The van der Waals surface area contributed by atoms with Gasteiger partial charge in [0.1, 0.15) is 0 Å². The molecule has 22 heavy (non-hydrogen) atoms. The van der Waals surface area contributed by atoms with Crippen LogP contribution in [0.25, 0.3) is 0 Å². The molecule has 1 N–H and O–H groups in total. The number of rotatable bonds is 4. The van der Waals surface area contributed by atoms with Crippen LogP contribution in [0.2, 0.25) is 0 Å². The molecular weight excluding hydrogens is 290 g/mol. The highest BCUT2D eigenvalue weighted by Crippen LogP contribution is 2.39. The Morgan fingerprint density at radius 3 is 2.14 bits per heavy atom. The predicted octanol–water partition coefficient (Wildman–Crippen LogP) is 4.64. The van der Waals surface area contributed by atoms with Gasteiger partial charge in [-0.2, -0.15) is 0 Å². The molecular formula is C18H33N3S. The summed E-state index contributed by atoms with van der Waals surface area (Å²) in [5.74, 6) is 0. The maximum absolute atomic E-state index is 4.92. The Hall–Kier alpha value is -0.610. The first-order valence-corrected chi connectivity index (χ1v) is 9.47. The van der Waals surface area contributed by atoms with Gasteiger partial charge in [-0.25, -0.2) is 4.98 Å². The molecule has 0 saturated carbocycles. The third-order valence-corrected chi connectivity index (χ3v) is 5.61. The minimum atomic E-state index is 0.103. The van der Waals surface area contributed by atoms with Gasteiger partial charge >= 0.3 is 0 Å². The minimum absolute atomic E-state index is 0.103. The molecule has 1 aromatic rings. The lowest BCUT2D eigenvalue weighted by atomic mass is 9.84. The maximum Gasteiger partial charge on any atom is 0.183 e. The zero-order valence-electron chi connectivity index (χ0n) is 15.3. The lowest BCUT2D eigenvalue weighted by Gasteiger charge is -2.26. The number of thiazole rings is 1. The number of anilines is 1. The third kappa shape index (κ3) is 4.69. The van der Waals surface area contributed by atoms with Crippen LogP contribution < -0.4 is 5.32 Å². The summed E-state index contributed by atoms with van der Waals surface area (Å²) >= 11 is 1.84. The topological polar surface area (TPSA) is 28.2 Å². The van der Waals surface area contributed by atoms with Crippen LogP contribution in [0, 0.1) is 0 Å². The molecule has 126 valence electrons. The molecule has 0 spiro atoms. The monoisotopic (exact) mass is 323 g/mol. The number of nitrogens with one attached hydrogen (secondary N) is 1. The number of piperidine rings is 1. The molecule has 1 aromatic heterocycles. The molecule has 0 radical (unpaired) electrons. The van der Waals surface area contributed by atoms with Gasteiger partial charge in [0.2, 0.25) is 0 Å². The van der Waals surface area contributed by atoms with Gasteiger partial charge in [-0.15, -0.1) is 11.3 Å². The first kappa shape index (κ1) is 17.7.